The smallest absolute Gasteiger partial charge is 0.349 e. The van der Waals surface area contributed by atoms with Gasteiger partial charge in [-0.05, 0) is 18.4 Å². The maximum absolute atomic E-state index is 12.2. The molecule has 1 aromatic rings. The minimum absolute atomic E-state index is 0.0165. The summed E-state index contributed by atoms with van der Waals surface area (Å²) < 4.78 is 5.00. The van der Waals surface area contributed by atoms with Gasteiger partial charge in [-0.1, -0.05) is 121 Å². The Labute approximate surface area is 194 Å². The molecule has 0 spiro atoms. The highest BCUT2D eigenvalue weighted by atomic mass is 16.6. The lowest BCUT2D eigenvalue weighted by molar-refractivity contribution is -0.132. The van der Waals surface area contributed by atoms with Gasteiger partial charge in [-0.3, -0.25) is 4.99 Å². The van der Waals surface area contributed by atoms with E-state index < -0.39 is 5.97 Å². The summed E-state index contributed by atoms with van der Waals surface area (Å²) >= 11 is 0. The number of aliphatic hydroxyl groups is 1. The van der Waals surface area contributed by atoms with Crippen LogP contribution in [0.5, 0.6) is 0 Å². The first-order valence-electron chi connectivity index (χ1n) is 12.6. The van der Waals surface area contributed by atoms with Gasteiger partial charge in [0.25, 0.3) is 0 Å². The fourth-order valence-electron chi connectivity index (χ4n) is 4.07. The standard InChI is InChI=1S/C28H41NO3/c1-3-4-5-6-7-8-9-10-11-12-13-14-18-21-25(26-27(30)23(2)32-28(26)31)29-22-24-19-16-15-17-20-24/h15-17,19-20,30H,2-14,18,21-22H2,1H3. The molecular weight excluding hydrogens is 398 g/mol. The topological polar surface area (TPSA) is 58.9 Å². The van der Waals surface area contributed by atoms with Crippen molar-refractivity contribution in [3.63, 3.8) is 0 Å². The number of aliphatic imine (C=N–C) groups is 1. The van der Waals surface area contributed by atoms with Crippen LogP contribution in [0, 0.1) is 0 Å². The SMILES string of the molecule is C=C1OC(=O)C(C(CCCCCCCCCCCCCCC)=NCc2ccccc2)=C1O. The maximum atomic E-state index is 12.2. The van der Waals surface area contributed by atoms with Crippen LogP contribution in [0.3, 0.4) is 0 Å². The Hall–Kier alpha value is -2.36. The third-order valence-corrected chi connectivity index (χ3v) is 6.02. The highest BCUT2D eigenvalue weighted by molar-refractivity contribution is 6.22. The molecule has 0 saturated heterocycles. The van der Waals surface area contributed by atoms with Crippen molar-refractivity contribution in [3.05, 3.63) is 59.6 Å². The molecule has 4 nitrogen and oxygen atoms in total. The van der Waals surface area contributed by atoms with Crippen LogP contribution in [0.2, 0.25) is 0 Å². The molecule has 0 bridgehead atoms. The second-order valence-electron chi connectivity index (χ2n) is 8.78. The van der Waals surface area contributed by atoms with Crippen molar-refractivity contribution in [1.82, 2.24) is 0 Å². The minimum atomic E-state index is -0.547. The van der Waals surface area contributed by atoms with Crippen LogP contribution in [-0.2, 0) is 16.1 Å². The number of nitrogens with zero attached hydrogens (tertiary/aromatic N) is 1. The van der Waals surface area contributed by atoms with Crippen LogP contribution < -0.4 is 0 Å². The lowest BCUT2D eigenvalue weighted by Gasteiger charge is -2.07. The molecule has 0 saturated carbocycles. The molecule has 4 heteroatoms. The quantitative estimate of drug-likeness (QED) is 0.152. The first-order valence-corrected chi connectivity index (χ1v) is 12.6. The molecule has 1 N–H and O–H groups in total. The zero-order valence-electron chi connectivity index (χ0n) is 19.9. The maximum Gasteiger partial charge on any atom is 0.349 e. The monoisotopic (exact) mass is 439 g/mol. The number of benzene rings is 1. The molecule has 176 valence electrons. The molecule has 1 heterocycles. The molecule has 0 radical (unpaired) electrons. The highest BCUT2D eigenvalue weighted by Crippen LogP contribution is 2.26. The van der Waals surface area contributed by atoms with Crippen molar-refractivity contribution in [2.24, 2.45) is 4.99 Å². The number of carbonyl (C=O) groups is 1. The molecule has 0 aliphatic carbocycles. The van der Waals surface area contributed by atoms with E-state index in [1.165, 1.54) is 70.6 Å². The number of hydrogen-bond acceptors (Lipinski definition) is 4. The molecule has 1 aromatic carbocycles. The Morgan fingerprint density at radius 3 is 1.91 bits per heavy atom. The molecule has 0 fully saturated rings. The van der Waals surface area contributed by atoms with Crippen molar-refractivity contribution in [2.75, 3.05) is 0 Å². The number of hydrogen-bond donors (Lipinski definition) is 1. The fraction of sp³-hybridized carbons (Fsp3) is 0.571. The molecule has 0 atom stereocenters. The summed E-state index contributed by atoms with van der Waals surface area (Å²) in [5, 5.41) is 10.3. The third-order valence-electron chi connectivity index (χ3n) is 6.02. The first kappa shape index (κ1) is 25.9. The molecule has 32 heavy (non-hydrogen) atoms. The van der Waals surface area contributed by atoms with Gasteiger partial charge in [0.1, 0.15) is 5.57 Å². The predicted molar refractivity (Wildman–Crippen MR) is 133 cm³/mol. The van der Waals surface area contributed by atoms with Gasteiger partial charge in [-0.15, -0.1) is 0 Å². The van der Waals surface area contributed by atoms with E-state index in [1.54, 1.807) is 0 Å². The van der Waals surface area contributed by atoms with Crippen molar-refractivity contribution < 1.29 is 14.6 Å². The molecule has 1 aliphatic heterocycles. The normalized spacial score (nSPS) is 14.3. The Morgan fingerprint density at radius 2 is 1.41 bits per heavy atom. The summed E-state index contributed by atoms with van der Waals surface area (Å²) in [6, 6.07) is 9.92. The molecule has 0 amide bonds. The lowest BCUT2D eigenvalue weighted by Crippen LogP contribution is -2.12. The second kappa shape index (κ2) is 15.4. The summed E-state index contributed by atoms with van der Waals surface area (Å²) in [5.41, 5.74) is 1.88. The number of aliphatic hydroxyl groups excluding tert-OH is 1. The van der Waals surface area contributed by atoms with Crippen molar-refractivity contribution >= 4 is 11.7 Å². The average Bonchev–Trinajstić information content (AvgIpc) is 3.05. The zero-order valence-corrected chi connectivity index (χ0v) is 19.9. The van der Waals surface area contributed by atoms with Crippen LogP contribution in [0.15, 0.2) is 59.0 Å². The number of cyclic esters (lactones) is 1. The second-order valence-corrected chi connectivity index (χ2v) is 8.78. The van der Waals surface area contributed by atoms with E-state index in [4.69, 9.17) is 4.74 Å². The number of carbonyl (C=O) groups excluding carboxylic acids is 1. The number of rotatable bonds is 17. The van der Waals surface area contributed by atoms with Crippen LogP contribution >= 0.6 is 0 Å². The van der Waals surface area contributed by atoms with Crippen LogP contribution in [0.1, 0.15) is 102 Å². The van der Waals surface area contributed by atoms with E-state index in [-0.39, 0.29) is 17.1 Å². The van der Waals surface area contributed by atoms with E-state index in [2.05, 4.69) is 18.5 Å². The van der Waals surface area contributed by atoms with Crippen molar-refractivity contribution in [3.8, 4) is 0 Å². The molecule has 0 aromatic heterocycles. The minimum Gasteiger partial charge on any atom is -0.504 e. The summed E-state index contributed by atoms with van der Waals surface area (Å²) in [6.07, 6.45) is 17.4. The largest absolute Gasteiger partial charge is 0.504 e. The van der Waals surface area contributed by atoms with Crippen LogP contribution in [0.4, 0.5) is 0 Å². The van der Waals surface area contributed by atoms with Gasteiger partial charge in [0.05, 0.1) is 12.3 Å². The summed E-state index contributed by atoms with van der Waals surface area (Å²) in [7, 11) is 0. The van der Waals surface area contributed by atoms with E-state index >= 15 is 0 Å². The van der Waals surface area contributed by atoms with Gasteiger partial charge in [-0.25, -0.2) is 4.79 Å². The Morgan fingerprint density at radius 1 is 0.875 bits per heavy atom. The number of esters is 1. The molecule has 2 rings (SSSR count). The van der Waals surface area contributed by atoms with Crippen LogP contribution in [-0.4, -0.2) is 16.8 Å². The Bertz CT molecular complexity index is 764. The van der Waals surface area contributed by atoms with E-state index in [9.17, 15) is 9.90 Å². The predicted octanol–water partition coefficient (Wildman–Crippen LogP) is 7.99. The average molecular weight is 440 g/mol. The van der Waals surface area contributed by atoms with Gasteiger partial charge < -0.3 is 9.84 Å². The molecular formula is C28H41NO3. The van der Waals surface area contributed by atoms with E-state index in [1.807, 2.05) is 30.3 Å². The third kappa shape index (κ3) is 9.42. The summed E-state index contributed by atoms with van der Waals surface area (Å²) in [4.78, 5) is 16.9. The van der Waals surface area contributed by atoms with Crippen LogP contribution in [0.25, 0.3) is 0 Å². The Balaban J connectivity index is 1.70. The van der Waals surface area contributed by atoms with E-state index in [0.717, 1.165) is 18.4 Å². The van der Waals surface area contributed by atoms with Gasteiger partial charge in [0.15, 0.2) is 11.5 Å². The van der Waals surface area contributed by atoms with Gasteiger partial charge in [0.2, 0.25) is 0 Å². The molecule has 0 unspecified atom stereocenters. The van der Waals surface area contributed by atoms with Gasteiger partial charge in [0, 0.05) is 0 Å². The van der Waals surface area contributed by atoms with Crippen molar-refractivity contribution in [2.45, 2.75) is 103 Å². The number of ether oxygens (including phenoxy) is 1. The zero-order chi connectivity index (χ0) is 23.0. The highest BCUT2D eigenvalue weighted by Gasteiger charge is 2.32. The Kier molecular flexibility index (Phi) is 12.5. The van der Waals surface area contributed by atoms with Gasteiger partial charge in [-0.2, -0.15) is 0 Å². The molecule has 1 aliphatic rings. The van der Waals surface area contributed by atoms with E-state index in [0.29, 0.717) is 18.7 Å². The lowest BCUT2D eigenvalue weighted by atomic mass is 10.0. The summed E-state index contributed by atoms with van der Waals surface area (Å²) in [5.74, 6) is -0.701. The summed E-state index contributed by atoms with van der Waals surface area (Å²) in [6.45, 7) is 6.34. The fourth-order valence-corrected chi connectivity index (χ4v) is 4.07. The van der Waals surface area contributed by atoms with Crippen molar-refractivity contribution in [1.29, 1.82) is 0 Å². The number of unbranched alkanes of at least 4 members (excludes halogenated alkanes) is 12. The first-order chi connectivity index (χ1) is 15.6. The van der Waals surface area contributed by atoms with Gasteiger partial charge >= 0.3 is 5.97 Å².